The molecule has 0 saturated carbocycles. The van der Waals surface area contributed by atoms with E-state index in [1.807, 2.05) is 12.1 Å². The molecule has 48 heavy (non-hydrogen) atoms. The molecule has 9 rings (SSSR count). The van der Waals surface area contributed by atoms with Crippen LogP contribution in [0.4, 0.5) is 17.1 Å². The number of para-hydroxylation sites is 1. The zero-order chi connectivity index (χ0) is 32.4. The van der Waals surface area contributed by atoms with E-state index in [0.29, 0.717) is 11.5 Å². The van der Waals surface area contributed by atoms with Crippen LogP contribution in [-0.2, 0) is 0 Å². The molecule has 3 heteroatoms. The molecule has 3 aliphatic carbocycles. The molecule has 0 amide bonds. The fourth-order valence-electron chi connectivity index (χ4n) is 8.69. The van der Waals surface area contributed by atoms with E-state index in [9.17, 15) is 5.26 Å². The van der Waals surface area contributed by atoms with Crippen molar-refractivity contribution in [3.63, 3.8) is 0 Å². The Bertz CT molecular complexity index is 2200. The molecular formula is C45H37N3. The van der Waals surface area contributed by atoms with E-state index in [4.69, 9.17) is 0 Å². The first kappa shape index (κ1) is 28.6. The number of hydrogen-bond donors (Lipinski definition) is 0. The summed E-state index contributed by atoms with van der Waals surface area (Å²) in [6.07, 6.45) is 20.7. The zero-order valence-corrected chi connectivity index (χ0v) is 27.3. The van der Waals surface area contributed by atoms with Crippen molar-refractivity contribution in [2.45, 2.75) is 44.6 Å². The number of aryl methyl sites for hydroxylation is 1. The summed E-state index contributed by atoms with van der Waals surface area (Å²) >= 11 is 0. The van der Waals surface area contributed by atoms with E-state index in [-0.39, 0.29) is 17.9 Å². The monoisotopic (exact) mass is 619 g/mol. The van der Waals surface area contributed by atoms with Crippen LogP contribution in [-0.4, -0.2) is 6.04 Å². The minimum absolute atomic E-state index is 0.164. The normalized spacial score (nSPS) is 23.3. The third-order valence-corrected chi connectivity index (χ3v) is 10.8. The van der Waals surface area contributed by atoms with Crippen molar-refractivity contribution in [3.8, 4) is 6.07 Å². The van der Waals surface area contributed by atoms with Crippen LogP contribution in [0.15, 0.2) is 151 Å². The lowest BCUT2D eigenvalue weighted by molar-refractivity contribution is 0.619. The standard InChI is InChI=1S/C45H37N3/c1-29-21-26-43-40(27-29)39-18-10-16-37(45(39)48(43)41-19-7-3-11-30(41)2)34-13-5-4-12-33(34)36-15-9-17-38-35-14-6-8-20-42(35)47(44(36)38)32-24-22-31(28-46)23-25-32/h3-10,12-16,18-27,30,38-39,45H,11,17H2,1-2H3. The lowest BCUT2D eigenvalue weighted by atomic mass is 9.78. The third-order valence-electron chi connectivity index (χ3n) is 10.8. The highest BCUT2D eigenvalue weighted by atomic mass is 15.2. The molecule has 0 saturated heterocycles. The lowest BCUT2D eigenvalue weighted by Crippen LogP contribution is -2.37. The smallest absolute Gasteiger partial charge is 0.0991 e. The van der Waals surface area contributed by atoms with Gasteiger partial charge in [-0.05, 0) is 96.0 Å². The van der Waals surface area contributed by atoms with E-state index in [0.717, 1.165) is 18.5 Å². The number of nitrogens with zero attached hydrogens (tertiary/aromatic N) is 3. The van der Waals surface area contributed by atoms with Crippen LogP contribution >= 0.6 is 0 Å². The van der Waals surface area contributed by atoms with Gasteiger partial charge in [0, 0.05) is 45.9 Å². The van der Waals surface area contributed by atoms with Crippen molar-refractivity contribution in [3.05, 3.63) is 184 Å². The van der Waals surface area contributed by atoms with Crippen molar-refractivity contribution in [2.75, 3.05) is 9.80 Å². The number of nitriles is 1. The Hall–Kier alpha value is -5.59. The van der Waals surface area contributed by atoms with Gasteiger partial charge in [-0.2, -0.15) is 5.26 Å². The SMILES string of the molecule is Cc1ccc2c(c1)C1C=CC=C(c3ccccc3C3=C4C(CC=C3)c3ccccc3N4c3ccc(C#N)cc3)C1N2C1=CC=CCC1C. The molecule has 0 radical (unpaired) electrons. The van der Waals surface area contributed by atoms with Crippen LogP contribution < -0.4 is 9.80 Å². The third kappa shape index (κ3) is 4.33. The molecule has 232 valence electrons. The highest BCUT2D eigenvalue weighted by Crippen LogP contribution is 2.56. The molecule has 4 unspecified atom stereocenters. The van der Waals surface area contributed by atoms with Crippen molar-refractivity contribution < 1.29 is 0 Å². The summed E-state index contributed by atoms with van der Waals surface area (Å²) in [5.41, 5.74) is 16.3. The first-order valence-corrected chi connectivity index (χ1v) is 17.2. The molecule has 3 nitrogen and oxygen atoms in total. The first-order valence-electron chi connectivity index (χ1n) is 17.2. The average molecular weight is 620 g/mol. The molecule has 0 fully saturated rings. The Balaban J connectivity index is 1.23. The van der Waals surface area contributed by atoms with Gasteiger partial charge in [-0.3, -0.25) is 0 Å². The number of anilines is 3. The van der Waals surface area contributed by atoms with Gasteiger partial charge in [-0.1, -0.05) is 110 Å². The van der Waals surface area contributed by atoms with Crippen LogP contribution in [0.5, 0.6) is 0 Å². The van der Waals surface area contributed by atoms with Gasteiger partial charge in [-0.25, -0.2) is 0 Å². The predicted molar refractivity (Wildman–Crippen MR) is 198 cm³/mol. The van der Waals surface area contributed by atoms with Crippen molar-refractivity contribution >= 4 is 28.2 Å². The van der Waals surface area contributed by atoms with Gasteiger partial charge < -0.3 is 9.80 Å². The summed E-state index contributed by atoms with van der Waals surface area (Å²) in [6.45, 7) is 4.57. The maximum Gasteiger partial charge on any atom is 0.0991 e. The fourth-order valence-corrected chi connectivity index (χ4v) is 8.69. The van der Waals surface area contributed by atoms with Gasteiger partial charge in [0.15, 0.2) is 0 Å². The largest absolute Gasteiger partial charge is 0.336 e. The van der Waals surface area contributed by atoms with Crippen LogP contribution in [0.3, 0.4) is 0 Å². The van der Waals surface area contributed by atoms with Crippen LogP contribution in [0.1, 0.15) is 65.0 Å². The summed E-state index contributed by atoms with van der Waals surface area (Å²) in [6, 6.07) is 35.4. The summed E-state index contributed by atoms with van der Waals surface area (Å²) in [7, 11) is 0. The second kappa shape index (κ2) is 11.3. The summed E-state index contributed by atoms with van der Waals surface area (Å²) in [5, 5.41) is 9.53. The molecule has 0 bridgehead atoms. The number of benzene rings is 4. The van der Waals surface area contributed by atoms with Gasteiger partial charge >= 0.3 is 0 Å². The number of allylic oxidation sites excluding steroid dienone is 10. The second-order valence-electron chi connectivity index (χ2n) is 13.7. The highest BCUT2D eigenvalue weighted by molar-refractivity contribution is 5.95. The number of fused-ring (bicyclic) bond motifs is 6. The van der Waals surface area contributed by atoms with Crippen LogP contribution in [0.25, 0.3) is 11.1 Å². The summed E-state index contributed by atoms with van der Waals surface area (Å²) in [4.78, 5) is 5.10. The topological polar surface area (TPSA) is 30.3 Å². The molecule has 4 aromatic carbocycles. The molecule has 2 heterocycles. The van der Waals surface area contributed by atoms with Crippen molar-refractivity contribution in [1.29, 1.82) is 5.26 Å². The Labute approximate surface area is 283 Å². The summed E-state index contributed by atoms with van der Waals surface area (Å²) in [5.74, 6) is 0.966. The Kier molecular flexibility index (Phi) is 6.73. The second-order valence-corrected chi connectivity index (χ2v) is 13.7. The predicted octanol–water partition coefficient (Wildman–Crippen LogP) is 10.9. The van der Waals surface area contributed by atoms with Gasteiger partial charge in [0.25, 0.3) is 0 Å². The molecule has 4 atom stereocenters. The van der Waals surface area contributed by atoms with E-state index in [1.54, 1.807) is 0 Å². The van der Waals surface area contributed by atoms with Crippen LogP contribution in [0.2, 0.25) is 0 Å². The quantitative estimate of drug-likeness (QED) is 0.228. The first-order chi connectivity index (χ1) is 23.6. The average Bonchev–Trinajstić information content (AvgIpc) is 3.65. The van der Waals surface area contributed by atoms with Gasteiger partial charge in [-0.15, -0.1) is 0 Å². The minimum atomic E-state index is 0.164. The zero-order valence-electron chi connectivity index (χ0n) is 27.3. The van der Waals surface area contributed by atoms with Gasteiger partial charge in [0.05, 0.1) is 17.7 Å². The minimum Gasteiger partial charge on any atom is -0.336 e. The highest BCUT2D eigenvalue weighted by Gasteiger charge is 2.44. The molecule has 0 aromatic heterocycles. The lowest BCUT2D eigenvalue weighted by Gasteiger charge is -2.38. The Morgan fingerprint density at radius 2 is 1.58 bits per heavy atom. The van der Waals surface area contributed by atoms with E-state index in [2.05, 4.69) is 157 Å². The van der Waals surface area contributed by atoms with Gasteiger partial charge in [0.1, 0.15) is 0 Å². The number of hydrogen-bond acceptors (Lipinski definition) is 3. The molecule has 4 aromatic rings. The summed E-state index contributed by atoms with van der Waals surface area (Å²) < 4.78 is 0. The number of rotatable bonds is 4. The van der Waals surface area contributed by atoms with E-state index >= 15 is 0 Å². The molecule has 0 N–H and O–H groups in total. The van der Waals surface area contributed by atoms with Crippen LogP contribution in [0, 0.1) is 24.2 Å². The molecule has 0 spiro atoms. The fraction of sp³-hybridized carbons (Fsp3) is 0.178. The maximum absolute atomic E-state index is 9.53. The van der Waals surface area contributed by atoms with E-state index < -0.39 is 0 Å². The molecular weight excluding hydrogens is 583 g/mol. The molecule has 2 aliphatic heterocycles. The molecule has 5 aliphatic rings. The maximum atomic E-state index is 9.53. The van der Waals surface area contributed by atoms with Gasteiger partial charge in [0.2, 0.25) is 0 Å². The Morgan fingerprint density at radius 1 is 0.771 bits per heavy atom. The van der Waals surface area contributed by atoms with Crippen molar-refractivity contribution in [2.24, 2.45) is 5.92 Å². The van der Waals surface area contributed by atoms with Crippen molar-refractivity contribution in [1.82, 2.24) is 0 Å². The van der Waals surface area contributed by atoms with E-state index in [1.165, 1.54) is 61.7 Å². The Morgan fingerprint density at radius 3 is 2.42 bits per heavy atom.